The van der Waals surface area contributed by atoms with E-state index >= 15 is 0 Å². The van der Waals surface area contributed by atoms with Crippen LogP contribution in [0.5, 0.6) is 5.75 Å². The Bertz CT molecular complexity index is 1190. The number of ether oxygens (including phenoxy) is 1. The number of aryl methyl sites for hydroxylation is 1. The first-order valence-corrected chi connectivity index (χ1v) is 10.2. The van der Waals surface area contributed by atoms with Gasteiger partial charge in [-0.15, -0.1) is 0 Å². The van der Waals surface area contributed by atoms with Crippen LogP contribution < -0.4 is 9.64 Å². The molecule has 0 saturated heterocycles. The number of aliphatic hydroxyl groups is 1. The maximum Gasteiger partial charge on any atom is 0.294 e. The standard InChI is InChI=1S/C26H22FNO4/c1-32-21-12-5-9-18(15-21)24-23(22(29)14-13-17-7-3-2-4-8-17)25(30)26(31)28(24)20-11-6-10-19(27)16-20/h2-12,15-16,24,30H,13-14H2,1H3. The number of carbonyl (C=O) groups excluding carboxylic acids is 2. The van der Waals surface area contributed by atoms with E-state index in [1.807, 2.05) is 30.3 Å². The molecule has 0 spiro atoms. The van der Waals surface area contributed by atoms with Crippen molar-refractivity contribution in [3.05, 3.63) is 107 Å². The second kappa shape index (κ2) is 9.06. The summed E-state index contributed by atoms with van der Waals surface area (Å²) in [5.74, 6) is -1.68. The van der Waals surface area contributed by atoms with Crippen molar-refractivity contribution in [2.45, 2.75) is 18.9 Å². The minimum Gasteiger partial charge on any atom is -0.503 e. The summed E-state index contributed by atoms with van der Waals surface area (Å²) in [6.45, 7) is 0. The molecule has 1 unspecified atom stereocenters. The van der Waals surface area contributed by atoms with Gasteiger partial charge in [0.15, 0.2) is 11.5 Å². The summed E-state index contributed by atoms with van der Waals surface area (Å²) < 4.78 is 19.3. The first-order valence-electron chi connectivity index (χ1n) is 10.2. The summed E-state index contributed by atoms with van der Waals surface area (Å²) in [5.41, 5.74) is 1.81. The molecule has 1 atom stereocenters. The number of benzene rings is 3. The van der Waals surface area contributed by atoms with Crippen LogP contribution in [-0.2, 0) is 16.0 Å². The Kier molecular flexibility index (Phi) is 6.03. The highest BCUT2D eigenvalue weighted by Gasteiger charge is 2.44. The van der Waals surface area contributed by atoms with Crippen molar-refractivity contribution in [2.24, 2.45) is 0 Å². The lowest BCUT2D eigenvalue weighted by Gasteiger charge is -2.27. The zero-order chi connectivity index (χ0) is 22.7. The minimum atomic E-state index is -0.900. The van der Waals surface area contributed by atoms with Crippen LogP contribution in [0, 0.1) is 5.82 Å². The van der Waals surface area contributed by atoms with E-state index in [1.165, 1.54) is 30.2 Å². The fraction of sp³-hybridized carbons (Fsp3) is 0.154. The molecule has 162 valence electrons. The summed E-state index contributed by atoms with van der Waals surface area (Å²) in [6, 6.07) is 21.1. The van der Waals surface area contributed by atoms with Crippen molar-refractivity contribution >= 4 is 17.4 Å². The molecule has 1 amide bonds. The van der Waals surface area contributed by atoms with Crippen LogP contribution in [0.3, 0.4) is 0 Å². The lowest BCUT2D eigenvalue weighted by molar-refractivity contribution is -0.118. The molecule has 0 aromatic heterocycles. The highest BCUT2D eigenvalue weighted by Crippen LogP contribution is 2.42. The number of ketones is 1. The molecule has 1 aliphatic rings. The highest BCUT2D eigenvalue weighted by molar-refractivity contribution is 6.16. The molecular weight excluding hydrogens is 409 g/mol. The average Bonchev–Trinajstić information content (AvgIpc) is 3.09. The predicted molar refractivity (Wildman–Crippen MR) is 119 cm³/mol. The Morgan fingerprint density at radius 1 is 1.03 bits per heavy atom. The lowest BCUT2D eigenvalue weighted by Crippen LogP contribution is -2.31. The van der Waals surface area contributed by atoms with Gasteiger partial charge in [-0.3, -0.25) is 14.5 Å². The maximum atomic E-state index is 14.0. The summed E-state index contributed by atoms with van der Waals surface area (Å²) >= 11 is 0. The van der Waals surface area contributed by atoms with Gasteiger partial charge in [-0.05, 0) is 47.9 Å². The van der Waals surface area contributed by atoms with Crippen LogP contribution in [-0.4, -0.2) is 23.9 Å². The van der Waals surface area contributed by atoms with E-state index in [1.54, 1.807) is 30.3 Å². The summed E-state index contributed by atoms with van der Waals surface area (Å²) in [5, 5.41) is 10.7. The number of nitrogens with zero attached hydrogens (tertiary/aromatic N) is 1. The fourth-order valence-electron chi connectivity index (χ4n) is 3.95. The number of methoxy groups -OCH3 is 1. The molecule has 1 N–H and O–H groups in total. The lowest BCUT2D eigenvalue weighted by atomic mass is 9.93. The van der Waals surface area contributed by atoms with E-state index in [4.69, 9.17) is 4.74 Å². The van der Waals surface area contributed by atoms with Crippen molar-refractivity contribution in [1.29, 1.82) is 0 Å². The Hall–Kier alpha value is -3.93. The van der Waals surface area contributed by atoms with Crippen molar-refractivity contribution in [2.75, 3.05) is 12.0 Å². The van der Waals surface area contributed by atoms with Gasteiger partial charge in [-0.25, -0.2) is 4.39 Å². The van der Waals surface area contributed by atoms with Crippen molar-refractivity contribution < 1.29 is 23.8 Å². The van der Waals surface area contributed by atoms with Crippen LogP contribution in [0.15, 0.2) is 90.2 Å². The smallest absolute Gasteiger partial charge is 0.294 e. The molecule has 0 fully saturated rings. The molecule has 3 aromatic carbocycles. The number of rotatable bonds is 7. The molecule has 5 nitrogen and oxygen atoms in total. The van der Waals surface area contributed by atoms with E-state index in [9.17, 15) is 19.1 Å². The monoisotopic (exact) mass is 431 g/mol. The van der Waals surface area contributed by atoms with E-state index in [-0.39, 0.29) is 23.5 Å². The number of Topliss-reactive ketones (excluding diaryl/α,β-unsaturated/α-hetero) is 1. The van der Waals surface area contributed by atoms with E-state index in [0.717, 1.165) is 5.56 Å². The predicted octanol–water partition coefficient (Wildman–Crippen LogP) is 4.94. The van der Waals surface area contributed by atoms with Gasteiger partial charge >= 0.3 is 0 Å². The Labute approximate surface area is 185 Å². The number of anilines is 1. The van der Waals surface area contributed by atoms with E-state index in [2.05, 4.69) is 0 Å². The zero-order valence-electron chi connectivity index (χ0n) is 17.5. The first kappa shape index (κ1) is 21.3. The third-order valence-corrected chi connectivity index (χ3v) is 5.49. The van der Waals surface area contributed by atoms with Crippen molar-refractivity contribution in [3.8, 4) is 5.75 Å². The molecular formula is C26H22FNO4. The van der Waals surface area contributed by atoms with Crippen LogP contribution in [0.1, 0.15) is 23.6 Å². The van der Waals surface area contributed by atoms with Gasteiger partial charge in [-0.2, -0.15) is 0 Å². The third kappa shape index (κ3) is 4.12. The zero-order valence-corrected chi connectivity index (χ0v) is 17.5. The molecule has 0 bridgehead atoms. The Morgan fingerprint density at radius 3 is 2.50 bits per heavy atom. The minimum absolute atomic E-state index is 0.00319. The number of hydrogen-bond acceptors (Lipinski definition) is 4. The summed E-state index contributed by atoms with van der Waals surface area (Å²) in [6.07, 6.45) is 0.587. The number of carbonyl (C=O) groups is 2. The molecule has 32 heavy (non-hydrogen) atoms. The summed E-state index contributed by atoms with van der Waals surface area (Å²) in [4.78, 5) is 27.6. The maximum absolute atomic E-state index is 14.0. The molecule has 0 saturated carbocycles. The molecule has 1 heterocycles. The normalized spacial score (nSPS) is 15.9. The number of amides is 1. The van der Waals surface area contributed by atoms with Gasteiger partial charge in [0.05, 0.1) is 18.7 Å². The van der Waals surface area contributed by atoms with Crippen molar-refractivity contribution in [3.63, 3.8) is 0 Å². The number of halogens is 1. The SMILES string of the molecule is COc1cccc(C2C(C(=O)CCc3ccccc3)=C(O)C(=O)N2c2cccc(F)c2)c1. The molecule has 0 radical (unpaired) electrons. The van der Waals surface area contributed by atoms with Crippen LogP contribution in [0.2, 0.25) is 0 Å². The average molecular weight is 431 g/mol. The van der Waals surface area contributed by atoms with Gasteiger partial charge in [0, 0.05) is 12.1 Å². The molecule has 4 rings (SSSR count). The van der Waals surface area contributed by atoms with Gasteiger partial charge in [-0.1, -0.05) is 48.5 Å². The highest BCUT2D eigenvalue weighted by atomic mass is 19.1. The molecule has 0 aliphatic carbocycles. The van der Waals surface area contributed by atoms with E-state index < -0.39 is 23.5 Å². The van der Waals surface area contributed by atoms with Gasteiger partial charge in [0.2, 0.25) is 0 Å². The van der Waals surface area contributed by atoms with Gasteiger partial charge < -0.3 is 9.84 Å². The Morgan fingerprint density at radius 2 is 1.78 bits per heavy atom. The second-order valence-electron chi connectivity index (χ2n) is 7.51. The van der Waals surface area contributed by atoms with Crippen molar-refractivity contribution in [1.82, 2.24) is 0 Å². The second-order valence-corrected chi connectivity index (χ2v) is 7.51. The molecule has 1 aliphatic heterocycles. The number of aliphatic hydroxyl groups excluding tert-OH is 1. The largest absolute Gasteiger partial charge is 0.503 e. The van der Waals surface area contributed by atoms with Crippen LogP contribution >= 0.6 is 0 Å². The third-order valence-electron chi connectivity index (χ3n) is 5.49. The summed E-state index contributed by atoms with van der Waals surface area (Å²) in [7, 11) is 1.52. The Balaban J connectivity index is 1.75. The molecule has 6 heteroatoms. The van der Waals surface area contributed by atoms with Gasteiger partial charge in [0.25, 0.3) is 5.91 Å². The first-order chi connectivity index (χ1) is 15.5. The molecule has 3 aromatic rings. The van der Waals surface area contributed by atoms with E-state index in [0.29, 0.717) is 17.7 Å². The topological polar surface area (TPSA) is 66.8 Å². The quantitative estimate of drug-likeness (QED) is 0.576. The fourth-order valence-corrected chi connectivity index (χ4v) is 3.95. The van der Waals surface area contributed by atoms with Gasteiger partial charge in [0.1, 0.15) is 11.6 Å². The van der Waals surface area contributed by atoms with Crippen LogP contribution in [0.4, 0.5) is 10.1 Å². The van der Waals surface area contributed by atoms with Crippen LogP contribution in [0.25, 0.3) is 0 Å². The number of hydrogen-bond donors (Lipinski definition) is 1.